The lowest BCUT2D eigenvalue weighted by molar-refractivity contribution is 0.670. The molecule has 0 aliphatic carbocycles. The Hall–Kier alpha value is -5.34. The summed E-state index contributed by atoms with van der Waals surface area (Å²) >= 11 is 0. The lowest BCUT2D eigenvalue weighted by Crippen LogP contribution is -1.90. The van der Waals surface area contributed by atoms with Gasteiger partial charge in [0.05, 0.1) is 0 Å². The lowest BCUT2D eigenvalue weighted by atomic mass is 9.83. The summed E-state index contributed by atoms with van der Waals surface area (Å²) in [6.45, 7) is 0. The van der Waals surface area contributed by atoms with E-state index in [9.17, 15) is 0 Å². The minimum Gasteiger partial charge on any atom is -0.456 e. The molecule has 0 bridgehead atoms. The van der Waals surface area contributed by atoms with Gasteiger partial charge in [0.15, 0.2) is 0 Å². The first-order valence-corrected chi connectivity index (χ1v) is 13.8. The van der Waals surface area contributed by atoms with Crippen LogP contribution >= 0.6 is 0 Å². The third-order valence-corrected chi connectivity index (χ3v) is 9.75. The highest BCUT2D eigenvalue weighted by Gasteiger charge is 2.29. The van der Waals surface area contributed by atoms with Crippen LogP contribution in [0.25, 0.3) is 119 Å². The number of furan rings is 2. The maximum absolute atomic E-state index is 6.79. The van der Waals surface area contributed by atoms with Crippen molar-refractivity contribution < 1.29 is 8.83 Å². The summed E-state index contributed by atoms with van der Waals surface area (Å²) in [6, 6.07) is 35.7. The predicted octanol–water partition coefficient (Wildman–Crippen LogP) is 11.3. The molecule has 180 valence electrons. The molecule has 0 saturated carbocycles. The molecule has 0 fully saturated rings. The van der Waals surface area contributed by atoms with E-state index in [0.29, 0.717) is 0 Å². The zero-order valence-corrected chi connectivity index (χ0v) is 21.1. The van der Waals surface area contributed by atoms with Gasteiger partial charge in [-0.05, 0) is 113 Å². The maximum atomic E-state index is 6.79. The molecule has 0 N–H and O–H groups in total. The minimum atomic E-state index is 0.955. The van der Waals surface area contributed by atoms with E-state index in [1.54, 1.807) is 0 Å². The molecule has 0 aliphatic heterocycles. The fraction of sp³-hybridized carbons (Fsp3) is 0. The topological polar surface area (TPSA) is 26.3 Å². The Labute approximate surface area is 224 Å². The van der Waals surface area contributed by atoms with Crippen LogP contribution in [0, 0.1) is 0 Å². The summed E-state index contributed by atoms with van der Waals surface area (Å²) in [5, 5.41) is 22.6. The van der Waals surface area contributed by atoms with Crippen LogP contribution in [0.4, 0.5) is 0 Å². The molecule has 0 unspecified atom stereocenters. The van der Waals surface area contributed by atoms with E-state index in [0.717, 1.165) is 22.3 Å². The summed E-state index contributed by atoms with van der Waals surface area (Å²) in [5.41, 5.74) is 3.82. The maximum Gasteiger partial charge on any atom is 0.136 e. The van der Waals surface area contributed by atoms with Crippen LogP contribution in [-0.4, -0.2) is 0 Å². The van der Waals surface area contributed by atoms with Crippen molar-refractivity contribution in [3.63, 3.8) is 0 Å². The molecule has 0 radical (unpaired) electrons. The van der Waals surface area contributed by atoms with Gasteiger partial charge in [-0.3, -0.25) is 0 Å². The van der Waals surface area contributed by atoms with Crippen molar-refractivity contribution in [3.8, 4) is 0 Å². The van der Waals surface area contributed by atoms with Crippen molar-refractivity contribution >= 4 is 119 Å². The fourth-order valence-electron chi connectivity index (χ4n) is 8.25. The Kier molecular flexibility index (Phi) is 2.73. The van der Waals surface area contributed by atoms with E-state index in [1.165, 1.54) is 97.0 Å². The summed E-state index contributed by atoms with van der Waals surface area (Å²) in [6.07, 6.45) is 0. The quantitative estimate of drug-likeness (QED) is 0.152. The van der Waals surface area contributed by atoms with Crippen molar-refractivity contribution in [2.75, 3.05) is 0 Å². The molecule has 12 aromatic rings. The highest BCUT2D eigenvalue weighted by atomic mass is 16.3. The van der Waals surface area contributed by atoms with Gasteiger partial charge in [0, 0.05) is 32.3 Å². The van der Waals surface area contributed by atoms with Crippen molar-refractivity contribution in [1.29, 1.82) is 0 Å². The Morgan fingerprint density at radius 1 is 0.275 bits per heavy atom. The molecule has 0 aliphatic rings. The highest BCUT2D eigenvalue weighted by molar-refractivity contribution is 6.50. The molecular formula is C38H16O2. The summed E-state index contributed by atoms with van der Waals surface area (Å²) in [7, 11) is 0. The first-order chi connectivity index (χ1) is 19.8. The summed E-state index contributed by atoms with van der Waals surface area (Å²) in [4.78, 5) is 0. The van der Waals surface area contributed by atoms with Crippen LogP contribution < -0.4 is 0 Å². The second-order valence-corrected chi connectivity index (χ2v) is 11.6. The van der Waals surface area contributed by atoms with Gasteiger partial charge in [-0.25, -0.2) is 0 Å². The lowest BCUT2D eigenvalue weighted by Gasteiger charge is -2.16. The second-order valence-electron chi connectivity index (χ2n) is 11.6. The van der Waals surface area contributed by atoms with E-state index >= 15 is 0 Å². The van der Waals surface area contributed by atoms with Gasteiger partial charge >= 0.3 is 0 Å². The van der Waals surface area contributed by atoms with Crippen LogP contribution in [0.3, 0.4) is 0 Å². The monoisotopic (exact) mass is 504 g/mol. The SMILES string of the molecule is c1ccc2cc3c(cc2c1)cc1cc2oc4cc5c6ccccc6cc6cc7oc8cc3c1c1c2c4c(c65)c7c81. The van der Waals surface area contributed by atoms with Crippen LogP contribution in [0.1, 0.15) is 0 Å². The van der Waals surface area contributed by atoms with E-state index in [2.05, 4.69) is 97.1 Å². The van der Waals surface area contributed by atoms with Gasteiger partial charge in [0.25, 0.3) is 0 Å². The van der Waals surface area contributed by atoms with Crippen LogP contribution in [0.15, 0.2) is 106 Å². The Morgan fingerprint density at radius 3 is 1.40 bits per heavy atom. The molecule has 0 amide bonds. The third-order valence-electron chi connectivity index (χ3n) is 9.75. The van der Waals surface area contributed by atoms with E-state index in [1.807, 2.05) is 0 Å². The van der Waals surface area contributed by atoms with E-state index < -0.39 is 0 Å². The molecular weight excluding hydrogens is 488 g/mol. The highest BCUT2D eigenvalue weighted by Crippen LogP contribution is 2.55. The summed E-state index contributed by atoms with van der Waals surface area (Å²) in [5.74, 6) is 0. The Balaban J connectivity index is 1.45. The van der Waals surface area contributed by atoms with Gasteiger partial charge in [-0.2, -0.15) is 0 Å². The first kappa shape index (κ1) is 18.8. The smallest absolute Gasteiger partial charge is 0.136 e. The number of benzene rings is 10. The summed E-state index contributed by atoms with van der Waals surface area (Å²) < 4.78 is 13.6. The predicted molar refractivity (Wildman–Crippen MR) is 168 cm³/mol. The van der Waals surface area contributed by atoms with Gasteiger partial charge < -0.3 is 8.83 Å². The number of hydrogen-bond acceptors (Lipinski definition) is 2. The largest absolute Gasteiger partial charge is 0.456 e. The molecule has 0 spiro atoms. The van der Waals surface area contributed by atoms with Crippen LogP contribution in [0.5, 0.6) is 0 Å². The molecule has 10 aromatic carbocycles. The van der Waals surface area contributed by atoms with Crippen molar-refractivity contribution in [2.24, 2.45) is 0 Å². The second kappa shape index (κ2) is 5.80. The standard InChI is InChI=1S/C38H16O2/c1-2-6-18-12-24-20(9-17(18)5-1)11-22-14-28-34-35-29(39-28)15-25-23-8-4-3-7-19(23)10-21-13-27-33(37(35)31(21)25)36-30(40-27)16-26(24)32(22)38(34)36/h1-16H. The minimum absolute atomic E-state index is 0.955. The molecule has 40 heavy (non-hydrogen) atoms. The molecule has 0 atom stereocenters. The molecule has 2 heteroatoms. The zero-order valence-electron chi connectivity index (χ0n) is 21.1. The average Bonchev–Trinajstić information content (AvgIpc) is 3.54. The zero-order chi connectivity index (χ0) is 25.4. The van der Waals surface area contributed by atoms with Gasteiger partial charge in [-0.1, -0.05) is 48.5 Å². The fourth-order valence-corrected chi connectivity index (χ4v) is 8.25. The normalized spacial score (nSPS) is 13.5. The van der Waals surface area contributed by atoms with Crippen LogP contribution in [-0.2, 0) is 0 Å². The molecule has 2 aromatic heterocycles. The van der Waals surface area contributed by atoms with E-state index in [4.69, 9.17) is 8.83 Å². The number of rotatable bonds is 0. The molecule has 2 heterocycles. The number of hydrogen-bond donors (Lipinski definition) is 0. The molecule has 2 nitrogen and oxygen atoms in total. The van der Waals surface area contributed by atoms with Crippen molar-refractivity contribution in [3.05, 3.63) is 97.1 Å². The van der Waals surface area contributed by atoms with Gasteiger partial charge in [0.2, 0.25) is 0 Å². The first-order valence-electron chi connectivity index (χ1n) is 13.8. The van der Waals surface area contributed by atoms with Crippen molar-refractivity contribution in [1.82, 2.24) is 0 Å². The molecule has 0 saturated heterocycles. The van der Waals surface area contributed by atoms with E-state index in [-0.39, 0.29) is 0 Å². The van der Waals surface area contributed by atoms with Gasteiger partial charge in [0.1, 0.15) is 22.3 Å². The van der Waals surface area contributed by atoms with Gasteiger partial charge in [-0.15, -0.1) is 0 Å². The third kappa shape index (κ3) is 1.86. The van der Waals surface area contributed by atoms with Crippen molar-refractivity contribution in [2.45, 2.75) is 0 Å². The molecule has 12 rings (SSSR count). The Bertz CT molecular complexity index is 3000. The average molecular weight is 505 g/mol. The Morgan fingerprint density at radius 2 is 0.750 bits per heavy atom. The number of fused-ring (bicyclic) bond motifs is 5. The van der Waals surface area contributed by atoms with Crippen LogP contribution in [0.2, 0.25) is 0 Å².